The summed E-state index contributed by atoms with van der Waals surface area (Å²) in [7, 11) is 0. The van der Waals surface area contributed by atoms with Crippen molar-refractivity contribution in [3.63, 3.8) is 0 Å². The van der Waals surface area contributed by atoms with Crippen molar-refractivity contribution in [3.05, 3.63) is 35.9 Å². The number of hydrogen-bond donors (Lipinski definition) is 1. The molecule has 0 saturated carbocycles. The number of hydrogen-bond acceptors (Lipinski definition) is 2. The highest BCUT2D eigenvalue weighted by molar-refractivity contribution is 5.82. The Kier molecular flexibility index (Phi) is 9.28. The molecule has 0 bridgehead atoms. The topological polar surface area (TPSA) is 49.4 Å². The van der Waals surface area contributed by atoms with Crippen molar-refractivity contribution >= 4 is 11.8 Å². The van der Waals surface area contributed by atoms with Crippen molar-refractivity contribution in [2.24, 2.45) is 33.5 Å². The van der Waals surface area contributed by atoms with E-state index in [1.807, 2.05) is 23.1 Å². The van der Waals surface area contributed by atoms with Crippen LogP contribution in [0.5, 0.6) is 0 Å². The van der Waals surface area contributed by atoms with Crippen molar-refractivity contribution in [1.29, 1.82) is 0 Å². The van der Waals surface area contributed by atoms with Gasteiger partial charge in [-0.25, -0.2) is 0 Å². The Hall–Kier alpha value is -1.84. The molecule has 4 nitrogen and oxygen atoms in total. The molecule has 2 aliphatic heterocycles. The molecule has 2 aliphatic rings. The van der Waals surface area contributed by atoms with E-state index in [1.54, 1.807) is 0 Å². The fourth-order valence-electron chi connectivity index (χ4n) is 5.28. The molecule has 0 spiro atoms. The van der Waals surface area contributed by atoms with Crippen molar-refractivity contribution in [1.82, 2.24) is 10.2 Å². The summed E-state index contributed by atoms with van der Waals surface area (Å²) in [6.07, 6.45) is 4.24. The zero-order valence-corrected chi connectivity index (χ0v) is 24.3. The second-order valence-corrected chi connectivity index (χ2v) is 14.7. The number of carbonyl (C=O) groups excluding carboxylic acids is 2. The van der Waals surface area contributed by atoms with Crippen LogP contribution in [0, 0.1) is 33.5 Å². The Morgan fingerprint density at radius 3 is 1.80 bits per heavy atom. The Balaban J connectivity index is 0.000000269. The van der Waals surface area contributed by atoms with E-state index in [0.29, 0.717) is 16.7 Å². The van der Waals surface area contributed by atoms with Crippen LogP contribution in [0.25, 0.3) is 0 Å². The lowest BCUT2D eigenvalue weighted by atomic mass is 9.76. The lowest BCUT2D eigenvalue weighted by Gasteiger charge is -2.27. The van der Waals surface area contributed by atoms with Gasteiger partial charge in [-0.2, -0.15) is 0 Å². The molecule has 35 heavy (non-hydrogen) atoms. The number of likely N-dealkylation sites (tertiary alicyclic amines) is 1. The summed E-state index contributed by atoms with van der Waals surface area (Å²) in [4.78, 5) is 26.4. The molecule has 0 aliphatic carbocycles. The number of carbonyl (C=O) groups is 2. The third-order valence-corrected chi connectivity index (χ3v) is 7.71. The molecule has 1 aromatic carbocycles. The van der Waals surface area contributed by atoms with E-state index in [-0.39, 0.29) is 28.6 Å². The van der Waals surface area contributed by atoms with E-state index >= 15 is 0 Å². The third-order valence-electron chi connectivity index (χ3n) is 7.71. The lowest BCUT2D eigenvalue weighted by Crippen LogP contribution is -2.27. The maximum absolute atomic E-state index is 12.8. The van der Waals surface area contributed by atoms with E-state index in [0.717, 1.165) is 45.3 Å². The molecule has 2 fully saturated rings. The average Bonchev–Trinajstić information content (AvgIpc) is 3.09. The molecular formula is C31H52N2O2. The van der Waals surface area contributed by atoms with Crippen LogP contribution in [0.1, 0.15) is 100 Å². The van der Waals surface area contributed by atoms with E-state index in [1.165, 1.54) is 5.56 Å². The second kappa shape index (κ2) is 11.0. The molecule has 2 heterocycles. The molecule has 2 saturated heterocycles. The van der Waals surface area contributed by atoms with Gasteiger partial charge in [0, 0.05) is 31.5 Å². The van der Waals surface area contributed by atoms with Crippen LogP contribution in [0.4, 0.5) is 0 Å². The van der Waals surface area contributed by atoms with Crippen molar-refractivity contribution in [3.8, 4) is 0 Å². The highest BCUT2D eigenvalue weighted by atomic mass is 16.2. The molecule has 4 heteroatoms. The number of benzene rings is 1. The first-order valence-corrected chi connectivity index (χ1v) is 13.5. The maximum Gasteiger partial charge on any atom is 0.226 e. The Labute approximate surface area is 215 Å². The summed E-state index contributed by atoms with van der Waals surface area (Å²) in [6.45, 7) is 24.7. The number of nitrogens with one attached hydrogen (secondary N) is 1. The van der Waals surface area contributed by atoms with Crippen LogP contribution < -0.4 is 5.32 Å². The predicted molar refractivity (Wildman–Crippen MR) is 147 cm³/mol. The monoisotopic (exact) mass is 484 g/mol. The summed E-state index contributed by atoms with van der Waals surface area (Å²) in [5.74, 6) is 0.967. The number of nitrogens with zero attached hydrogens (tertiary/aromatic N) is 1. The standard InChI is InChI=1S/C19H29NO.C12H23NO/c1-18(2,3)12-11-16-17(21)20(14-19(16,4)5)13-15-9-7-6-8-10-15;1-11(2,3)7-6-9-10(14)13-8-12(9,4)5/h6-10,16H,11-14H2,1-5H3;9H,6-8H2,1-5H3,(H,13,14). The Bertz CT molecular complexity index is 843. The maximum atomic E-state index is 12.8. The van der Waals surface area contributed by atoms with Gasteiger partial charge in [0.1, 0.15) is 0 Å². The van der Waals surface area contributed by atoms with E-state index < -0.39 is 0 Å². The Morgan fingerprint density at radius 1 is 0.829 bits per heavy atom. The van der Waals surface area contributed by atoms with Gasteiger partial charge in [-0.1, -0.05) is 99.6 Å². The van der Waals surface area contributed by atoms with Gasteiger partial charge in [0.05, 0.1) is 0 Å². The van der Waals surface area contributed by atoms with Gasteiger partial charge in [0.2, 0.25) is 11.8 Å². The lowest BCUT2D eigenvalue weighted by molar-refractivity contribution is -0.132. The summed E-state index contributed by atoms with van der Waals surface area (Å²) in [5.41, 5.74) is 2.07. The smallest absolute Gasteiger partial charge is 0.226 e. The third kappa shape index (κ3) is 8.95. The molecule has 198 valence electrons. The van der Waals surface area contributed by atoms with E-state index in [2.05, 4.69) is 86.7 Å². The zero-order chi connectivity index (χ0) is 26.7. The normalized spacial score (nSPS) is 23.7. The van der Waals surface area contributed by atoms with Crippen molar-refractivity contribution in [2.45, 2.75) is 101 Å². The highest BCUT2D eigenvalue weighted by Gasteiger charge is 2.45. The zero-order valence-electron chi connectivity index (χ0n) is 24.3. The fraction of sp³-hybridized carbons (Fsp3) is 0.742. The van der Waals surface area contributed by atoms with Crippen molar-refractivity contribution < 1.29 is 9.59 Å². The molecule has 2 amide bonds. The minimum Gasteiger partial charge on any atom is -0.355 e. The van der Waals surface area contributed by atoms with Crippen LogP contribution >= 0.6 is 0 Å². The quantitative estimate of drug-likeness (QED) is 0.469. The van der Waals surface area contributed by atoms with E-state index in [9.17, 15) is 9.59 Å². The summed E-state index contributed by atoms with van der Waals surface area (Å²) < 4.78 is 0. The fourth-order valence-corrected chi connectivity index (χ4v) is 5.28. The molecule has 1 aromatic rings. The van der Waals surface area contributed by atoms with Crippen LogP contribution in [0.15, 0.2) is 30.3 Å². The van der Waals surface area contributed by atoms with Gasteiger partial charge in [0.25, 0.3) is 0 Å². The van der Waals surface area contributed by atoms with Gasteiger partial charge < -0.3 is 10.2 Å². The molecule has 2 atom stereocenters. The molecule has 0 aromatic heterocycles. The summed E-state index contributed by atoms with van der Waals surface area (Å²) in [5, 5.41) is 2.96. The second-order valence-electron chi connectivity index (χ2n) is 14.7. The molecule has 0 radical (unpaired) electrons. The summed E-state index contributed by atoms with van der Waals surface area (Å²) >= 11 is 0. The van der Waals surface area contributed by atoms with Crippen LogP contribution in [0.2, 0.25) is 0 Å². The largest absolute Gasteiger partial charge is 0.355 e. The van der Waals surface area contributed by atoms with Crippen LogP contribution in [0.3, 0.4) is 0 Å². The van der Waals surface area contributed by atoms with Gasteiger partial charge in [0.15, 0.2) is 0 Å². The predicted octanol–water partition coefficient (Wildman–Crippen LogP) is 7.08. The van der Waals surface area contributed by atoms with Crippen LogP contribution in [-0.2, 0) is 16.1 Å². The van der Waals surface area contributed by atoms with Gasteiger partial charge in [-0.3, -0.25) is 9.59 Å². The van der Waals surface area contributed by atoms with E-state index in [4.69, 9.17) is 0 Å². The summed E-state index contributed by atoms with van der Waals surface area (Å²) in [6, 6.07) is 10.3. The average molecular weight is 485 g/mol. The molecular weight excluding hydrogens is 432 g/mol. The van der Waals surface area contributed by atoms with Gasteiger partial charge in [-0.05, 0) is 52.9 Å². The Morgan fingerprint density at radius 2 is 1.34 bits per heavy atom. The van der Waals surface area contributed by atoms with Gasteiger partial charge in [-0.15, -0.1) is 0 Å². The number of rotatable bonds is 6. The highest BCUT2D eigenvalue weighted by Crippen LogP contribution is 2.41. The molecule has 3 rings (SSSR count). The molecule has 2 unspecified atom stereocenters. The SMILES string of the molecule is CC(C)(C)CCC1C(=O)N(Cc2ccccc2)CC1(C)C.CC(C)(C)CCC1C(=O)NCC1(C)C. The first kappa shape index (κ1) is 29.4. The number of amides is 2. The first-order valence-electron chi connectivity index (χ1n) is 13.5. The van der Waals surface area contributed by atoms with Crippen molar-refractivity contribution in [2.75, 3.05) is 13.1 Å². The molecule has 1 N–H and O–H groups in total. The minimum atomic E-state index is 0.0805. The minimum absolute atomic E-state index is 0.0805. The first-order chi connectivity index (χ1) is 15.9. The van der Waals surface area contributed by atoms with Gasteiger partial charge >= 0.3 is 0 Å². The van der Waals surface area contributed by atoms with Crippen LogP contribution in [-0.4, -0.2) is 29.8 Å².